The fourth-order valence-electron chi connectivity index (χ4n) is 2.75. The molecule has 2 rings (SSSR count). The molecule has 21 heavy (non-hydrogen) atoms. The lowest BCUT2D eigenvalue weighted by atomic mass is 10.1. The van der Waals surface area contributed by atoms with Crippen molar-refractivity contribution in [2.45, 2.75) is 39.2 Å². The van der Waals surface area contributed by atoms with Gasteiger partial charge in [0.2, 0.25) is 5.91 Å². The molecule has 0 radical (unpaired) electrons. The average Bonchev–Trinajstić information content (AvgIpc) is 2.43. The number of anilines is 1. The summed E-state index contributed by atoms with van der Waals surface area (Å²) in [6, 6.07) is 6.06. The lowest BCUT2D eigenvalue weighted by Crippen LogP contribution is -2.37. The standard InChI is InChI=1S/C17H26N2O2/c1-13-7-8-16(14(2)10-13)18-17(20)12-19(3)11-15-6-4-5-9-21-15/h7-8,10,15H,4-6,9,11-12H2,1-3H3,(H,18,20). The van der Waals surface area contributed by atoms with Gasteiger partial charge in [-0.25, -0.2) is 0 Å². The molecule has 4 heteroatoms. The van der Waals surface area contributed by atoms with Gasteiger partial charge in [0.15, 0.2) is 0 Å². The van der Waals surface area contributed by atoms with Gasteiger partial charge < -0.3 is 10.1 Å². The minimum atomic E-state index is 0.0280. The Labute approximate surface area is 127 Å². The molecule has 116 valence electrons. The monoisotopic (exact) mass is 290 g/mol. The van der Waals surface area contributed by atoms with E-state index in [0.29, 0.717) is 6.54 Å². The Bertz CT molecular complexity index is 482. The average molecular weight is 290 g/mol. The first kappa shape index (κ1) is 16.0. The molecule has 1 amide bonds. The Balaban J connectivity index is 1.80. The summed E-state index contributed by atoms with van der Waals surface area (Å²) in [5.41, 5.74) is 3.20. The fraction of sp³-hybridized carbons (Fsp3) is 0.588. The number of carbonyl (C=O) groups is 1. The van der Waals surface area contributed by atoms with Crippen LogP contribution < -0.4 is 5.32 Å². The van der Waals surface area contributed by atoms with E-state index in [9.17, 15) is 4.79 Å². The number of carbonyl (C=O) groups excluding carboxylic acids is 1. The molecule has 0 spiro atoms. The lowest BCUT2D eigenvalue weighted by Gasteiger charge is -2.27. The summed E-state index contributed by atoms with van der Waals surface area (Å²) in [6.45, 7) is 6.14. The molecule has 0 saturated carbocycles. The van der Waals surface area contributed by atoms with Gasteiger partial charge in [0, 0.05) is 18.8 Å². The van der Waals surface area contributed by atoms with Crippen molar-refractivity contribution in [1.82, 2.24) is 4.90 Å². The Kier molecular flexibility index (Phi) is 5.76. The molecule has 1 unspecified atom stereocenters. The Morgan fingerprint density at radius 3 is 2.86 bits per heavy atom. The topological polar surface area (TPSA) is 41.6 Å². The maximum absolute atomic E-state index is 12.1. The molecule has 1 aliphatic rings. The van der Waals surface area contributed by atoms with E-state index in [1.807, 2.05) is 31.0 Å². The number of hydrogen-bond acceptors (Lipinski definition) is 3. The van der Waals surface area contributed by atoms with Gasteiger partial charge in [0.05, 0.1) is 12.6 Å². The lowest BCUT2D eigenvalue weighted by molar-refractivity contribution is -0.117. The number of hydrogen-bond donors (Lipinski definition) is 1. The molecule has 0 bridgehead atoms. The minimum absolute atomic E-state index is 0.0280. The first-order valence-electron chi connectivity index (χ1n) is 7.72. The van der Waals surface area contributed by atoms with E-state index in [1.54, 1.807) is 0 Å². The van der Waals surface area contributed by atoms with Crippen LogP contribution in [-0.4, -0.2) is 43.7 Å². The zero-order valence-corrected chi connectivity index (χ0v) is 13.3. The van der Waals surface area contributed by atoms with Crippen molar-refractivity contribution in [3.8, 4) is 0 Å². The van der Waals surface area contributed by atoms with Crippen molar-refractivity contribution in [3.63, 3.8) is 0 Å². The number of ether oxygens (including phenoxy) is 1. The molecular weight excluding hydrogens is 264 g/mol. The van der Waals surface area contributed by atoms with Gasteiger partial charge >= 0.3 is 0 Å². The van der Waals surface area contributed by atoms with Crippen molar-refractivity contribution in [2.24, 2.45) is 0 Å². The Hall–Kier alpha value is -1.39. The first-order chi connectivity index (χ1) is 10.0. The highest BCUT2D eigenvalue weighted by molar-refractivity contribution is 5.92. The van der Waals surface area contributed by atoms with E-state index in [-0.39, 0.29) is 12.0 Å². The number of aryl methyl sites for hydroxylation is 2. The molecule has 1 aromatic rings. The van der Waals surface area contributed by atoms with E-state index in [4.69, 9.17) is 4.74 Å². The van der Waals surface area contributed by atoms with Crippen molar-refractivity contribution < 1.29 is 9.53 Å². The van der Waals surface area contributed by atoms with Crippen LogP contribution >= 0.6 is 0 Å². The van der Waals surface area contributed by atoms with Crippen molar-refractivity contribution >= 4 is 11.6 Å². The Morgan fingerprint density at radius 2 is 2.19 bits per heavy atom. The van der Waals surface area contributed by atoms with Crippen LogP contribution in [0.2, 0.25) is 0 Å². The molecule has 1 saturated heterocycles. The number of amides is 1. The molecule has 4 nitrogen and oxygen atoms in total. The molecule has 1 atom stereocenters. The van der Waals surface area contributed by atoms with Gasteiger partial charge in [-0.1, -0.05) is 17.7 Å². The molecule has 1 aliphatic heterocycles. The second-order valence-electron chi connectivity index (χ2n) is 6.05. The number of nitrogens with zero attached hydrogens (tertiary/aromatic N) is 1. The summed E-state index contributed by atoms with van der Waals surface area (Å²) in [5.74, 6) is 0.0280. The predicted molar refractivity (Wildman–Crippen MR) is 85.6 cm³/mol. The molecule has 1 heterocycles. The van der Waals surface area contributed by atoms with Crippen LogP contribution in [0.15, 0.2) is 18.2 Å². The predicted octanol–water partition coefficient (Wildman–Crippen LogP) is 2.74. The van der Waals surface area contributed by atoms with Gasteiger partial charge in [0.25, 0.3) is 0 Å². The molecule has 0 aromatic heterocycles. The highest BCUT2D eigenvalue weighted by Gasteiger charge is 2.17. The zero-order chi connectivity index (χ0) is 15.2. The highest BCUT2D eigenvalue weighted by atomic mass is 16.5. The number of nitrogens with one attached hydrogen (secondary N) is 1. The van der Waals surface area contributed by atoms with Crippen LogP contribution in [0.3, 0.4) is 0 Å². The second kappa shape index (κ2) is 7.57. The molecule has 1 N–H and O–H groups in total. The summed E-state index contributed by atoms with van der Waals surface area (Å²) in [6.07, 6.45) is 3.77. The summed E-state index contributed by atoms with van der Waals surface area (Å²) < 4.78 is 5.71. The molecule has 1 aromatic carbocycles. The third-order valence-corrected chi connectivity index (χ3v) is 3.86. The fourth-order valence-corrected chi connectivity index (χ4v) is 2.75. The van der Waals surface area contributed by atoms with Crippen LogP contribution in [0.4, 0.5) is 5.69 Å². The van der Waals surface area contributed by atoms with Crippen LogP contribution in [-0.2, 0) is 9.53 Å². The van der Waals surface area contributed by atoms with Crippen molar-refractivity contribution in [2.75, 3.05) is 32.1 Å². The summed E-state index contributed by atoms with van der Waals surface area (Å²) >= 11 is 0. The van der Waals surface area contributed by atoms with Crippen LogP contribution in [0, 0.1) is 13.8 Å². The third-order valence-electron chi connectivity index (χ3n) is 3.86. The van der Waals surface area contributed by atoms with Crippen LogP contribution in [0.1, 0.15) is 30.4 Å². The van der Waals surface area contributed by atoms with Crippen molar-refractivity contribution in [1.29, 1.82) is 0 Å². The van der Waals surface area contributed by atoms with E-state index in [2.05, 4.69) is 18.3 Å². The summed E-state index contributed by atoms with van der Waals surface area (Å²) in [5, 5.41) is 2.98. The highest BCUT2D eigenvalue weighted by Crippen LogP contribution is 2.16. The first-order valence-corrected chi connectivity index (χ1v) is 7.72. The number of benzene rings is 1. The maximum Gasteiger partial charge on any atom is 0.238 e. The van der Waals surface area contributed by atoms with E-state index < -0.39 is 0 Å². The number of rotatable bonds is 5. The normalized spacial score (nSPS) is 18.8. The second-order valence-corrected chi connectivity index (χ2v) is 6.05. The zero-order valence-electron chi connectivity index (χ0n) is 13.3. The van der Waals surface area contributed by atoms with Crippen LogP contribution in [0.5, 0.6) is 0 Å². The number of likely N-dealkylation sites (N-methyl/N-ethyl adjacent to an activating group) is 1. The summed E-state index contributed by atoms with van der Waals surface area (Å²) in [4.78, 5) is 14.1. The largest absolute Gasteiger partial charge is 0.377 e. The Morgan fingerprint density at radius 1 is 1.38 bits per heavy atom. The van der Waals surface area contributed by atoms with Crippen molar-refractivity contribution in [3.05, 3.63) is 29.3 Å². The molecule has 0 aliphatic carbocycles. The quantitative estimate of drug-likeness (QED) is 0.906. The maximum atomic E-state index is 12.1. The van der Waals surface area contributed by atoms with Gasteiger partial charge in [0.1, 0.15) is 0 Å². The minimum Gasteiger partial charge on any atom is -0.377 e. The van der Waals surface area contributed by atoms with Gasteiger partial charge in [-0.15, -0.1) is 0 Å². The smallest absolute Gasteiger partial charge is 0.238 e. The van der Waals surface area contributed by atoms with E-state index in [1.165, 1.54) is 12.0 Å². The van der Waals surface area contributed by atoms with Gasteiger partial charge in [-0.05, 0) is 51.8 Å². The van der Waals surface area contributed by atoms with Gasteiger partial charge in [-0.3, -0.25) is 9.69 Å². The van der Waals surface area contributed by atoms with Crippen LogP contribution in [0.25, 0.3) is 0 Å². The molecule has 1 fully saturated rings. The van der Waals surface area contributed by atoms with E-state index in [0.717, 1.165) is 37.2 Å². The molecular formula is C17H26N2O2. The SMILES string of the molecule is Cc1ccc(NC(=O)CN(C)CC2CCCCO2)c(C)c1. The van der Waals surface area contributed by atoms with Gasteiger partial charge in [-0.2, -0.15) is 0 Å². The third kappa shape index (κ3) is 5.14. The van der Waals surface area contributed by atoms with E-state index >= 15 is 0 Å². The summed E-state index contributed by atoms with van der Waals surface area (Å²) in [7, 11) is 1.97.